The van der Waals surface area contributed by atoms with Gasteiger partial charge < -0.3 is 20.9 Å². The first-order valence-corrected chi connectivity index (χ1v) is 11.4. The lowest BCUT2D eigenvalue weighted by Gasteiger charge is -2.31. The smallest absolute Gasteiger partial charge is 0.332 e. The van der Waals surface area contributed by atoms with Gasteiger partial charge >= 0.3 is 5.69 Å². The fourth-order valence-electron chi connectivity index (χ4n) is 4.43. The van der Waals surface area contributed by atoms with Crippen molar-refractivity contribution in [2.24, 2.45) is 12.8 Å². The molecule has 2 aromatic heterocycles. The fraction of sp³-hybridized carbons (Fsp3) is 0.458. The Morgan fingerprint density at radius 1 is 1.24 bits per heavy atom. The molecule has 1 aliphatic heterocycles. The summed E-state index contributed by atoms with van der Waals surface area (Å²) in [5.41, 5.74) is 15.0. The van der Waals surface area contributed by atoms with Crippen molar-refractivity contribution in [3.8, 4) is 0 Å². The highest BCUT2D eigenvalue weighted by atomic mass is 16.2. The summed E-state index contributed by atoms with van der Waals surface area (Å²) in [4.78, 5) is 33.6. The number of rotatable bonds is 6. The average molecular weight is 452 g/mol. The summed E-state index contributed by atoms with van der Waals surface area (Å²) in [7, 11) is 1.67. The summed E-state index contributed by atoms with van der Waals surface area (Å²) >= 11 is 0. The molecule has 0 bridgehead atoms. The number of allylic oxidation sites excluding steroid dienone is 2. The minimum Gasteiger partial charge on any atom is -0.399 e. The van der Waals surface area contributed by atoms with Crippen molar-refractivity contribution in [1.29, 1.82) is 0 Å². The molecule has 176 valence electrons. The lowest BCUT2D eigenvalue weighted by atomic mass is 10.1. The molecule has 0 aliphatic carbocycles. The predicted molar refractivity (Wildman–Crippen MR) is 133 cm³/mol. The molecule has 4 N–H and O–H groups in total. The average Bonchev–Trinajstić information content (AvgIpc) is 3.16. The zero-order chi connectivity index (χ0) is 23.7. The fourth-order valence-corrected chi connectivity index (χ4v) is 4.43. The molecule has 1 aliphatic rings. The number of aryl methyl sites for hydroxylation is 2. The SMILES string of the molecule is CC(C)=CCn1c(N2CCCC(N)C2)nc2c1c(=O)n(CCc1cccc(N)c1)c(=O)n2C. The van der Waals surface area contributed by atoms with Gasteiger partial charge in [-0.25, -0.2) is 4.79 Å². The van der Waals surface area contributed by atoms with Gasteiger partial charge in [0.1, 0.15) is 0 Å². The molecule has 0 amide bonds. The van der Waals surface area contributed by atoms with E-state index in [1.807, 2.05) is 42.7 Å². The number of nitrogens with two attached hydrogens (primary N) is 2. The standard InChI is InChI=1S/C24H33N7O2/c1-16(2)9-12-30-20-21(27-23(30)29-11-5-8-19(26)15-29)28(3)24(33)31(22(20)32)13-10-17-6-4-7-18(25)14-17/h4,6-7,9,14,19H,5,8,10-13,15,25-26H2,1-3H3. The Morgan fingerprint density at radius 3 is 2.73 bits per heavy atom. The van der Waals surface area contributed by atoms with E-state index < -0.39 is 0 Å². The number of nitrogens with zero attached hydrogens (tertiary/aromatic N) is 5. The van der Waals surface area contributed by atoms with Crippen LogP contribution in [0.5, 0.6) is 0 Å². The van der Waals surface area contributed by atoms with Gasteiger partial charge in [0.2, 0.25) is 5.95 Å². The number of hydrogen-bond acceptors (Lipinski definition) is 6. The third-order valence-electron chi connectivity index (χ3n) is 6.21. The molecular weight excluding hydrogens is 418 g/mol. The van der Waals surface area contributed by atoms with E-state index in [1.165, 1.54) is 9.13 Å². The number of benzene rings is 1. The van der Waals surface area contributed by atoms with Crippen molar-refractivity contribution in [2.45, 2.75) is 52.2 Å². The van der Waals surface area contributed by atoms with Gasteiger partial charge in [0.15, 0.2) is 11.2 Å². The van der Waals surface area contributed by atoms with Gasteiger partial charge in [0.05, 0.1) is 0 Å². The van der Waals surface area contributed by atoms with Crippen molar-refractivity contribution in [3.05, 3.63) is 62.3 Å². The van der Waals surface area contributed by atoms with E-state index in [2.05, 4.69) is 11.0 Å². The van der Waals surface area contributed by atoms with Crippen molar-refractivity contribution >= 4 is 22.8 Å². The van der Waals surface area contributed by atoms with Crippen LogP contribution in [0.1, 0.15) is 32.3 Å². The number of imidazole rings is 1. The third-order valence-corrected chi connectivity index (χ3v) is 6.21. The summed E-state index contributed by atoms with van der Waals surface area (Å²) in [6.45, 7) is 6.31. The van der Waals surface area contributed by atoms with Crippen molar-refractivity contribution in [2.75, 3.05) is 23.7 Å². The minimum atomic E-state index is -0.370. The first-order chi connectivity index (χ1) is 15.8. The van der Waals surface area contributed by atoms with E-state index in [9.17, 15) is 9.59 Å². The van der Waals surface area contributed by atoms with E-state index >= 15 is 0 Å². The topological polar surface area (TPSA) is 117 Å². The van der Waals surface area contributed by atoms with Crippen LogP contribution in [0.25, 0.3) is 11.2 Å². The largest absolute Gasteiger partial charge is 0.399 e. The highest BCUT2D eigenvalue weighted by molar-refractivity contribution is 5.74. The number of hydrogen-bond donors (Lipinski definition) is 2. The molecule has 3 aromatic rings. The van der Waals surface area contributed by atoms with Gasteiger partial charge in [-0.3, -0.25) is 13.9 Å². The summed E-state index contributed by atoms with van der Waals surface area (Å²) in [5.74, 6) is 0.693. The van der Waals surface area contributed by atoms with E-state index in [4.69, 9.17) is 16.5 Å². The summed E-state index contributed by atoms with van der Waals surface area (Å²) in [5, 5.41) is 0. The summed E-state index contributed by atoms with van der Waals surface area (Å²) in [6, 6.07) is 7.57. The molecule has 0 spiro atoms. The van der Waals surface area contributed by atoms with E-state index in [-0.39, 0.29) is 23.8 Å². The van der Waals surface area contributed by atoms with E-state index in [1.54, 1.807) is 7.05 Å². The second kappa shape index (κ2) is 9.27. The lowest BCUT2D eigenvalue weighted by molar-refractivity contribution is 0.495. The summed E-state index contributed by atoms with van der Waals surface area (Å²) in [6.07, 6.45) is 4.54. The molecule has 1 atom stereocenters. The first kappa shape index (κ1) is 22.8. The molecule has 3 heterocycles. The van der Waals surface area contributed by atoms with Gasteiger partial charge in [-0.1, -0.05) is 23.8 Å². The van der Waals surface area contributed by atoms with Crippen LogP contribution < -0.4 is 27.6 Å². The van der Waals surface area contributed by atoms with E-state index in [0.29, 0.717) is 42.3 Å². The van der Waals surface area contributed by atoms with Crippen molar-refractivity contribution in [3.63, 3.8) is 0 Å². The Balaban J connectivity index is 1.84. The highest BCUT2D eigenvalue weighted by Crippen LogP contribution is 2.23. The molecule has 9 nitrogen and oxygen atoms in total. The van der Waals surface area contributed by atoms with Gasteiger partial charge in [-0.2, -0.15) is 4.98 Å². The second-order valence-electron chi connectivity index (χ2n) is 9.12. The van der Waals surface area contributed by atoms with Crippen LogP contribution in [0, 0.1) is 0 Å². The summed E-state index contributed by atoms with van der Waals surface area (Å²) < 4.78 is 4.71. The molecule has 1 fully saturated rings. The van der Waals surface area contributed by atoms with Crippen LogP contribution in [0.15, 0.2) is 45.5 Å². The maximum atomic E-state index is 13.6. The van der Waals surface area contributed by atoms with E-state index in [0.717, 1.165) is 30.5 Å². The predicted octanol–water partition coefficient (Wildman–Crippen LogP) is 1.62. The monoisotopic (exact) mass is 451 g/mol. The molecule has 1 aromatic carbocycles. The Morgan fingerprint density at radius 2 is 2.03 bits per heavy atom. The van der Waals surface area contributed by atoms with Crippen molar-refractivity contribution < 1.29 is 0 Å². The number of piperidine rings is 1. The molecule has 1 saturated heterocycles. The molecule has 0 radical (unpaired) electrons. The zero-order valence-corrected chi connectivity index (χ0v) is 19.6. The molecule has 0 saturated carbocycles. The highest BCUT2D eigenvalue weighted by Gasteiger charge is 2.26. The van der Waals surface area contributed by atoms with Gasteiger partial charge in [-0.05, 0) is 50.8 Å². The Kier molecular flexibility index (Phi) is 6.42. The molecule has 1 unspecified atom stereocenters. The maximum absolute atomic E-state index is 13.6. The van der Waals surface area contributed by atoms with Crippen LogP contribution in [-0.2, 0) is 26.6 Å². The maximum Gasteiger partial charge on any atom is 0.332 e. The normalized spacial score (nSPS) is 16.4. The van der Waals surface area contributed by atoms with Gasteiger partial charge in [-0.15, -0.1) is 0 Å². The Labute approximate surface area is 192 Å². The molecule has 9 heteroatoms. The van der Waals surface area contributed by atoms with Crippen LogP contribution in [0.2, 0.25) is 0 Å². The molecular formula is C24H33N7O2. The van der Waals surface area contributed by atoms with Crippen LogP contribution in [0.3, 0.4) is 0 Å². The van der Waals surface area contributed by atoms with Crippen molar-refractivity contribution in [1.82, 2.24) is 18.7 Å². The van der Waals surface area contributed by atoms with Crippen LogP contribution >= 0.6 is 0 Å². The quantitative estimate of drug-likeness (QED) is 0.434. The minimum absolute atomic E-state index is 0.0641. The zero-order valence-electron chi connectivity index (χ0n) is 19.6. The Hall–Kier alpha value is -3.33. The third kappa shape index (κ3) is 4.59. The first-order valence-electron chi connectivity index (χ1n) is 11.4. The van der Waals surface area contributed by atoms with Crippen LogP contribution in [-0.4, -0.2) is 37.8 Å². The number of fused-ring (bicyclic) bond motifs is 1. The number of anilines is 2. The van der Waals surface area contributed by atoms with Gasteiger partial charge in [0, 0.05) is 45.0 Å². The van der Waals surface area contributed by atoms with Crippen LogP contribution in [0.4, 0.5) is 11.6 Å². The lowest BCUT2D eigenvalue weighted by Crippen LogP contribution is -2.44. The second-order valence-corrected chi connectivity index (χ2v) is 9.12. The van der Waals surface area contributed by atoms with Gasteiger partial charge in [0.25, 0.3) is 5.56 Å². The molecule has 33 heavy (non-hydrogen) atoms. The molecule has 4 rings (SSSR count). The Bertz CT molecular complexity index is 1310. The number of nitrogen functional groups attached to an aromatic ring is 1. The number of aromatic nitrogens is 4.